The van der Waals surface area contributed by atoms with E-state index < -0.39 is 12.0 Å². The highest BCUT2D eigenvalue weighted by molar-refractivity contribution is 7.13. The van der Waals surface area contributed by atoms with E-state index in [1.54, 1.807) is 12.3 Å². The number of methoxy groups -OCH3 is 1. The van der Waals surface area contributed by atoms with Crippen LogP contribution >= 0.6 is 11.3 Å². The number of nitrogens with zero attached hydrogens (tertiary/aromatic N) is 1. The van der Waals surface area contributed by atoms with Gasteiger partial charge >= 0.3 is 5.97 Å². The molecule has 6 nitrogen and oxygen atoms in total. The standard InChI is InChI=1S/C9H13N3O3S/c1-5(8(14)15-2)11-7(13)3-6-4-16-9(10)12-6/h4-5H,3H2,1-2H3,(H2,10,12)(H,11,13)/t5-/m0/s1. The lowest BCUT2D eigenvalue weighted by atomic mass is 10.3. The van der Waals surface area contributed by atoms with Gasteiger partial charge in [-0.2, -0.15) is 0 Å². The molecule has 1 heterocycles. The molecule has 0 radical (unpaired) electrons. The molecule has 16 heavy (non-hydrogen) atoms. The van der Waals surface area contributed by atoms with Gasteiger partial charge < -0.3 is 15.8 Å². The van der Waals surface area contributed by atoms with Crippen LogP contribution in [-0.4, -0.2) is 30.0 Å². The lowest BCUT2D eigenvalue weighted by Gasteiger charge is -2.10. The minimum Gasteiger partial charge on any atom is -0.467 e. The normalized spacial score (nSPS) is 11.9. The van der Waals surface area contributed by atoms with E-state index in [1.165, 1.54) is 18.4 Å². The molecule has 1 amide bonds. The number of hydrogen-bond donors (Lipinski definition) is 2. The molecular weight excluding hydrogens is 230 g/mol. The second-order valence-electron chi connectivity index (χ2n) is 3.17. The number of thiazole rings is 1. The summed E-state index contributed by atoms with van der Waals surface area (Å²) in [7, 11) is 1.27. The third-order valence-corrected chi connectivity index (χ3v) is 2.57. The second-order valence-corrected chi connectivity index (χ2v) is 4.06. The van der Waals surface area contributed by atoms with Crippen LogP contribution in [0, 0.1) is 0 Å². The number of aromatic nitrogens is 1. The van der Waals surface area contributed by atoms with Crippen LogP contribution in [0.5, 0.6) is 0 Å². The number of esters is 1. The predicted octanol–water partition coefficient (Wildman–Crippen LogP) is -0.0545. The fourth-order valence-electron chi connectivity index (χ4n) is 1.10. The quantitative estimate of drug-likeness (QED) is 0.723. The highest BCUT2D eigenvalue weighted by Gasteiger charge is 2.16. The first-order chi connectivity index (χ1) is 7.52. The highest BCUT2D eigenvalue weighted by Crippen LogP contribution is 2.11. The van der Waals surface area contributed by atoms with E-state index >= 15 is 0 Å². The van der Waals surface area contributed by atoms with Gasteiger partial charge in [-0.1, -0.05) is 0 Å². The fourth-order valence-corrected chi connectivity index (χ4v) is 1.66. The van der Waals surface area contributed by atoms with Crippen molar-refractivity contribution in [2.45, 2.75) is 19.4 Å². The summed E-state index contributed by atoms with van der Waals surface area (Å²) >= 11 is 1.27. The van der Waals surface area contributed by atoms with E-state index in [4.69, 9.17) is 5.73 Å². The van der Waals surface area contributed by atoms with Gasteiger partial charge in [-0.05, 0) is 6.92 Å². The Morgan fingerprint density at radius 3 is 2.88 bits per heavy atom. The van der Waals surface area contributed by atoms with Gasteiger partial charge in [-0.15, -0.1) is 11.3 Å². The van der Waals surface area contributed by atoms with E-state index in [0.717, 1.165) is 0 Å². The van der Waals surface area contributed by atoms with Crippen molar-refractivity contribution in [3.8, 4) is 0 Å². The van der Waals surface area contributed by atoms with Gasteiger partial charge in [0.25, 0.3) is 0 Å². The molecule has 0 unspecified atom stereocenters. The van der Waals surface area contributed by atoms with Gasteiger partial charge in [0.1, 0.15) is 6.04 Å². The Hall–Kier alpha value is -1.63. The van der Waals surface area contributed by atoms with Crippen LogP contribution in [-0.2, 0) is 20.7 Å². The van der Waals surface area contributed by atoms with Gasteiger partial charge in [0.05, 0.1) is 19.2 Å². The molecule has 0 aromatic carbocycles. The topological polar surface area (TPSA) is 94.3 Å². The maximum Gasteiger partial charge on any atom is 0.328 e. The molecule has 0 saturated carbocycles. The average Bonchev–Trinajstić information content (AvgIpc) is 2.62. The summed E-state index contributed by atoms with van der Waals surface area (Å²) in [6.07, 6.45) is 0.106. The van der Waals surface area contributed by atoms with E-state index in [0.29, 0.717) is 10.8 Å². The minimum atomic E-state index is -0.659. The summed E-state index contributed by atoms with van der Waals surface area (Å²) in [5.74, 6) is -0.769. The number of anilines is 1. The van der Waals surface area contributed by atoms with Crippen molar-refractivity contribution < 1.29 is 14.3 Å². The SMILES string of the molecule is COC(=O)[C@H](C)NC(=O)Cc1csc(N)n1. The minimum absolute atomic E-state index is 0.106. The number of nitrogens with two attached hydrogens (primary N) is 1. The van der Waals surface area contributed by atoms with Gasteiger partial charge in [0.2, 0.25) is 5.91 Å². The molecule has 88 valence electrons. The van der Waals surface area contributed by atoms with Crippen LogP contribution in [0.3, 0.4) is 0 Å². The molecule has 7 heteroatoms. The predicted molar refractivity (Wildman–Crippen MR) is 59.9 cm³/mol. The van der Waals surface area contributed by atoms with Crippen LogP contribution in [0.25, 0.3) is 0 Å². The number of carbonyl (C=O) groups is 2. The Kier molecular flexibility index (Phi) is 4.24. The van der Waals surface area contributed by atoms with E-state index in [2.05, 4.69) is 15.0 Å². The Morgan fingerprint density at radius 1 is 1.69 bits per heavy atom. The monoisotopic (exact) mass is 243 g/mol. The van der Waals surface area contributed by atoms with Gasteiger partial charge in [0.15, 0.2) is 5.13 Å². The lowest BCUT2D eigenvalue weighted by Crippen LogP contribution is -2.39. The summed E-state index contributed by atoms with van der Waals surface area (Å²) < 4.78 is 4.48. The first-order valence-corrected chi connectivity index (χ1v) is 5.48. The number of amides is 1. The molecule has 1 rings (SSSR count). The molecule has 0 bridgehead atoms. The zero-order chi connectivity index (χ0) is 12.1. The number of nitrogen functional groups attached to an aromatic ring is 1. The zero-order valence-corrected chi connectivity index (χ0v) is 9.84. The molecule has 0 aliphatic heterocycles. The van der Waals surface area contributed by atoms with E-state index in [1.807, 2.05) is 0 Å². The second kappa shape index (κ2) is 5.45. The molecule has 0 aliphatic carbocycles. The average molecular weight is 243 g/mol. The largest absolute Gasteiger partial charge is 0.467 e. The van der Waals surface area contributed by atoms with Crippen molar-refractivity contribution in [3.05, 3.63) is 11.1 Å². The first kappa shape index (κ1) is 12.4. The molecule has 1 aromatic heterocycles. The summed E-state index contributed by atoms with van der Waals surface area (Å²) in [6, 6.07) is -0.659. The van der Waals surface area contributed by atoms with Crippen LogP contribution in [0.15, 0.2) is 5.38 Å². The van der Waals surface area contributed by atoms with Crippen molar-refractivity contribution in [3.63, 3.8) is 0 Å². The van der Waals surface area contributed by atoms with E-state index in [-0.39, 0.29) is 12.3 Å². The first-order valence-electron chi connectivity index (χ1n) is 4.60. The lowest BCUT2D eigenvalue weighted by molar-refractivity contribution is -0.144. The zero-order valence-electron chi connectivity index (χ0n) is 9.02. The van der Waals surface area contributed by atoms with Crippen molar-refractivity contribution in [1.29, 1.82) is 0 Å². The Balaban J connectivity index is 2.45. The maximum atomic E-state index is 11.5. The molecular formula is C9H13N3O3S. The fraction of sp³-hybridized carbons (Fsp3) is 0.444. The van der Waals surface area contributed by atoms with Crippen LogP contribution in [0.1, 0.15) is 12.6 Å². The summed E-state index contributed by atoms with van der Waals surface area (Å²) in [5, 5.41) is 4.62. The number of nitrogens with one attached hydrogen (secondary N) is 1. The Labute approximate surface area is 96.8 Å². The molecule has 0 fully saturated rings. The van der Waals surface area contributed by atoms with Gasteiger partial charge in [-0.3, -0.25) is 4.79 Å². The summed E-state index contributed by atoms with van der Waals surface area (Å²) in [5.41, 5.74) is 6.02. The third kappa shape index (κ3) is 3.50. The molecule has 3 N–H and O–H groups in total. The van der Waals surface area contributed by atoms with Crippen LogP contribution < -0.4 is 11.1 Å². The van der Waals surface area contributed by atoms with Crippen molar-refractivity contribution >= 4 is 28.3 Å². The number of hydrogen-bond acceptors (Lipinski definition) is 6. The van der Waals surface area contributed by atoms with E-state index in [9.17, 15) is 9.59 Å². The molecule has 0 aliphatic rings. The smallest absolute Gasteiger partial charge is 0.328 e. The van der Waals surface area contributed by atoms with Crippen molar-refractivity contribution in [1.82, 2.24) is 10.3 Å². The summed E-state index contributed by atoms with van der Waals surface area (Å²) in [4.78, 5) is 26.4. The molecule has 0 saturated heterocycles. The Bertz CT molecular complexity index is 391. The van der Waals surface area contributed by atoms with Gasteiger partial charge in [-0.25, -0.2) is 9.78 Å². The number of rotatable bonds is 4. The summed E-state index contributed by atoms with van der Waals surface area (Å²) in [6.45, 7) is 1.55. The van der Waals surface area contributed by atoms with Crippen molar-refractivity contribution in [2.75, 3.05) is 12.8 Å². The number of carbonyl (C=O) groups excluding carboxylic acids is 2. The molecule has 1 aromatic rings. The van der Waals surface area contributed by atoms with Gasteiger partial charge in [0, 0.05) is 5.38 Å². The number of ether oxygens (including phenoxy) is 1. The molecule has 1 atom stereocenters. The Morgan fingerprint density at radius 2 is 2.38 bits per heavy atom. The third-order valence-electron chi connectivity index (χ3n) is 1.84. The van der Waals surface area contributed by atoms with Crippen molar-refractivity contribution in [2.24, 2.45) is 0 Å². The highest BCUT2D eigenvalue weighted by atomic mass is 32.1. The maximum absolute atomic E-state index is 11.5. The van der Waals surface area contributed by atoms with Crippen LogP contribution in [0.2, 0.25) is 0 Å². The molecule has 0 spiro atoms. The van der Waals surface area contributed by atoms with Crippen LogP contribution in [0.4, 0.5) is 5.13 Å².